The van der Waals surface area contributed by atoms with Gasteiger partial charge in [-0.25, -0.2) is 4.98 Å². The number of nitrogens with zero attached hydrogens (tertiary/aromatic N) is 5. The van der Waals surface area contributed by atoms with Gasteiger partial charge in [0, 0.05) is 23.5 Å². The third-order valence-electron chi connectivity index (χ3n) is 5.20. The molecule has 0 aliphatic heterocycles. The molecule has 14 heteroatoms. The molecule has 0 saturated carbocycles. The van der Waals surface area contributed by atoms with Crippen LogP contribution in [0, 0.1) is 0 Å². The second kappa shape index (κ2) is 9.90. The highest BCUT2D eigenvalue weighted by Gasteiger charge is 2.31. The molecule has 1 amide bonds. The van der Waals surface area contributed by atoms with Crippen LogP contribution in [0.15, 0.2) is 45.8 Å². The van der Waals surface area contributed by atoms with Crippen LogP contribution in [-0.4, -0.2) is 37.2 Å². The maximum Gasteiger partial charge on any atom is 0.416 e. The Morgan fingerprint density at radius 1 is 1.25 bits per heavy atom. The molecule has 9 nitrogen and oxygen atoms in total. The number of anilines is 1. The van der Waals surface area contributed by atoms with Crippen LogP contribution in [-0.2, 0) is 23.9 Å². The molecule has 4 aromatic rings. The highest BCUT2D eigenvalue weighted by Crippen LogP contribution is 2.33. The van der Waals surface area contributed by atoms with E-state index in [0.717, 1.165) is 22.7 Å². The van der Waals surface area contributed by atoms with Crippen molar-refractivity contribution < 1.29 is 22.7 Å². The van der Waals surface area contributed by atoms with Crippen molar-refractivity contribution in [3.05, 3.63) is 67.6 Å². The lowest BCUT2D eigenvalue weighted by atomic mass is 10.2. The van der Waals surface area contributed by atoms with Crippen molar-refractivity contribution in [2.75, 3.05) is 12.4 Å². The van der Waals surface area contributed by atoms with Gasteiger partial charge in [0.05, 0.1) is 23.4 Å². The van der Waals surface area contributed by atoms with Crippen molar-refractivity contribution in [3.63, 3.8) is 0 Å². The van der Waals surface area contributed by atoms with Gasteiger partial charge in [0.2, 0.25) is 17.6 Å². The van der Waals surface area contributed by atoms with E-state index >= 15 is 0 Å². The molecule has 0 bridgehead atoms. The fraction of sp³-hybridized carbons (Fsp3) is 0.227. The Kier molecular flexibility index (Phi) is 7.05. The number of hydrogen-bond donors (Lipinski definition) is 1. The Balaban J connectivity index is 1.73. The van der Waals surface area contributed by atoms with Crippen LogP contribution >= 0.6 is 27.5 Å². The third-order valence-corrected chi connectivity index (χ3v) is 6.31. The molecule has 0 fully saturated rings. The molecular weight excluding hydrogens is 569 g/mol. The Morgan fingerprint density at radius 3 is 2.64 bits per heavy atom. The summed E-state index contributed by atoms with van der Waals surface area (Å²) in [4.78, 5) is 34.3. The summed E-state index contributed by atoms with van der Waals surface area (Å²) in [6, 6.07) is 5.87. The molecule has 3 heterocycles. The number of ether oxygens (including phenoxy) is 1. The molecule has 0 radical (unpaired) electrons. The average Bonchev–Trinajstić information content (AvgIpc) is 3.29. The van der Waals surface area contributed by atoms with Gasteiger partial charge in [0.25, 0.3) is 5.56 Å². The molecule has 188 valence electrons. The van der Waals surface area contributed by atoms with Crippen LogP contribution in [0.1, 0.15) is 18.2 Å². The number of benzene rings is 1. The average molecular weight is 586 g/mol. The molecule has 0 aliphatic rings. The lowest BCUT2D eigenvalue weighted by molar-refractivity contribution is -0.137. The van der Waals surface area contributed by atoms with Crippen LogP contribution in [0.4, 0.5) is 18.9 Å². The Bertz CT molecular complexity index is 1540. The molecule has 36 heavy (non-hydrogen) atoms. The first-order valence-corrected chi connectivity index (χ1v) is 11.6. The van der Waals surface area contributed by atoms with E-state index in [1.165, 1.54) is 17.9 Å². The Labute approximate surface area is 215 Å². The first-order valence-electron chi connectivity index (χ1n) is 10.4. The maximum absolute atomic E-state index is 12.9. The smallest absolute Gasteiger partial charge is 0.416 e. The molecule has 3 aromatic heterocycles. The van der Waals surface area contributed by atoms with Gasteiger partial charge in [0.1, 0.15) is 11.0 Å². The van der Waals surface area contributed by atoms with Crippen molar-refractivity contribution in [2.24, 2.45) is 0 Å². The summed E-state index contributed by atoms with van der Waals surface area (Å²) in [5, 5.41) is 6.53. The summed E-state index contributed by atoms with van der Waals surface area (Å²) in [6.07, 6.45) is -2.70. The number of amides is 1. The number of carbonyl (C=O) groups excluding carboxylic acids is 1. The van der Waals surface area contributed by atoms with E-state index < -0.39 is 23.2 Å². The third kappa shape index (κ3) is 4.93. The number of fused-ring (bicyclic) bond motifs is 1. The molecule has 0 spiro atoms. The Hall–Kier alpha value is -3.45. The first kappa shape index (κ1) is 25.6. The van der Waals surface area contributed by atoms with Crippen LogP contribution in [0.5, 0.6) is 5.88 Å². The molecular formula is C22H17BrClF3N6O3. The second-order valence-corrected chi connectivity index (χ2v) is 8.68. The summed E-state index contributed by atoms with van der Waals surface area (Å²) in [6.45, 7) is 1.48. The minimum atomic E-state index is -4.57. The van der Waals surface area contributed by atoms with Crippen molar-refractivity contribution >= 4 is 44.9 Å². The lowest BCUT2D eigenvalue weighted by Gasteiger charge is -2.15. The quantitative estimate of drug-likeness (QED) is 0.355. The van der Waals surface area contributed by atoms with Crippen molar-refractivity contribution in [3.8, 4) is 17.3 Å². The first-order chi connectivity index (χ1) is 17.0. The van der Waals surface area contributed by atoms with Crippen LogP contribution in [0.25, 0.3) is 17.2 Å². The minimum absolute atomic E-state index is 0.00915. The molecule has 0 atom stereocenters. The molecule has 1 N–H and O–H groups in total. The summed E-state index contributed by atoms with van der Waals surface area (Å²) in [5.41, 5.74) is -0.383. The number of aromatic nitrogens is 5. The van der Waals surface area contributed by atoms with Crippen molar-refractivity contribution in [1.82, 2.24) is 24.1 Å². The van der Waals surface area contributed by atoms with Crippen LogP contribution in [0.3, 0.4) is 0 Å². The number of nitrogens with one attached hydrogen (secondary N) is 1. The van der Waals surface area contributed by atoms with E-state index in [2.05, 4.69) is 36.3 Å². The molecule has 1 aromatic carbocycles. The number of methoxy groups -OCH3 is 1. The van der Waals surface area contributed by atoms with Crippen LogP contribution < -0.4 is 15.6 Å². The summed E-state index contributed by atoms with van der Waals surface area (Å²) >= 11 is 9.25. The van der Waals surface area contributed by atoms with Gasteiger partial charge in [0.15, 0.2) is 5.82 Å². The van der Waals surface area contributed by atoms with E-state index in [1.807, 2.05) is 0 Å². The fourth-order valence-electron chi connectivity index (χ4n) is 3.49. The maximum atomic E-state index is 12.9. The molecule has 0 saturated heterocycles. The van der Waals surface area contributed by atoms with Gasteiger partial charge in [-0.3, -0.25) is 9.59 Å². The van der Waals surface area contributed by atoms with Gasteiger partial charge in [-0.2, -0.15) is 22.7 Å². The minimum Gasteiger partial charge on any atom is -0.481 e. The van der Waals surface area contributed by atoms with E-state index in [0.29, 0.717) is 23.6 Å². The molecule has 0 unspecified atom stereocenters. The zero-order chi connectivity index (χ0) is 26.2. The van der Waals surface area contributed by atoms with E-state index in [4.69, 9.17) is 16.3 Å². The van der Waals surface area contributed by atoms with E-state index in [9.17, 15) is 22.8 Å². The highest BCUT2D eigenvalue weighted by molar-refractivity contribution is 9.10. The van der Waals surface area contributed by atoms with Gasteiger partial charge in [-0.05, 0) is 46.6 Å². The summed E-state index contributed by atoms with van der Waals surface area (Å²) < 4.78 is 46.6. The predicted octanol–water partition coefficient (Wildman–Crippen LogP) is 4.60. The van der Waals surface area contributed by atoms with Gasteiger partial charge >= 0.3 is 6.18 Å². The monoisotopic (exact) mass is 584 g/mol. The van der Waals surface area contributed by atoms with Crippen LogP contribution in [0.2, 0.25) is 5.02 Å². The van der Waals surface area contributed by atoms with E-state index in [-0.39, 0.29) is 33.3 Å². The predicted molar refractivity (Wildman–Crippen MR) is 129 cm³/mol. The number of carbonyl (C=O) groups is 1. The second-order valence-electron chi connectivity index (χ2n) is 7.48. The summed E-state index contributed by atoms with van der Waals surface area (Å²) in [7, 11) is 1.46. The fourth-order valence-corrected chi connectivity index (χ4v) is 4.38. The number of pyridine rings is 1. The topological polar surface area (TPSA) is 103 Å². The van der Waals surface area contributed by atoms with Gasteiger partial charge < -0.3 is 14.6 Å². The standard InChI is InChI=1S/C22H17BrClF3N6O3/c1-3-15-18(23)20(35)33-21(30-19(31-33)11-6-7-28-17(8-11)36-2)32(15)10-16(34)29-14-5-4-12(9-13(14)24)22(25,26)27/h4-9H,3,10H2,1-2H3,(H,29,34). The van der Waals surface area contributed by atoms with E-state index in [1.54, 1.807) is 19.1 Å². The highest BCUT2D eigenvalue weighted by atomic mass is 79.9. The Morgan fingerprint density at radius 2 is 2.00 bits per heavy atom. The zero-order valence-corrected chi connectivity index (χ0v) is 21.1. The van der Waals surface area contributed by atoms with Gasteiger partial charge in [-0.1, -0.05) is 18.5 Å². The van der Waals surface area contributed by atoms with Crippen molar-refractivity contribution in [1.29, 1.82) is 0 Å². The largest absolute Gasteiger partial charge is 0.481 e. The zero-order valence-electron chi connectivity index (χ0n) is 18.7. The number of rotatable bonds is 6. The molecule has 4 rings (SSSR count). The number of hydrogen-bond acceptors (Lipinski definition) is 6. The number of alkyl halides is 3. The van der Waals surface area contributed by atoms with Gasteiger partial charge in [-0.15, -0.1) is 5.10 Å². The summed E-state index contributed by atoms with van der Waals surface area (Å²) in [5.74, 6) is 0.0242. The molecule has 0 aliphatic carbocycles. The normalized spacial score (nSPS) is 11.6. The lowest BCUT2D eigenvalue weighted by Crippen LogP contribution is -2.28. The van der Waals surface area contributed by atoms with Crippen molar-refractivity contribution in [2.45, 2.75) is 26.1 Å². The SMILES string of the molecule is CCc1c(Br)c(=O)n2nc(-c3ccnc(OC)c3)nc2n1CC(=O)Nc1ccc(C(F)(F)F)cc1Cl. The number of halogens is 5.